The van der Waals surface area contributed by atoms with E-state index in [9.17, 15) is 0 Å². The number of hydrogen-bond donors (Lipinski definition) is 2. The highest BCUT2D eigenvalue weighted by atomic mass is 16.5. The molecule has 2 aromatic rings. The Morgan fingerprint density at radius 3 is 2.89 bits per heavy atom. The normalized spacial score (nSPS) is 17.2. The minimum absolute atomic E-state index is 0.477. The fourth-order valence-corrected chi connectivity index (χ4v) is 2.86. The average molecular weight is 260 g/mol. The number of nitrogens with one attached hydrogen (secondary N) is 1. The highest BCUT2D eigenvalue weighted by Gasteiger charge is 2.22. The van der Waals surface area contributed by atoms with E-state index >= 15 is 0 Å². The molecule has 0 aliphatic carbocycles. The maximum absolute atomic E-state index is 5.69. The van der Waals surface area contributed by atoms with Crippen LogP contribution in [-0.2, 0) is 11.2 Å². The second kappa shape index (κ2) is 5.27. The first-order chi connectivity index (χ1) is 9.29. The molecule has 1 aliphatic rings. The summed E-state index contributed by atoms with van der Waals surface area (Å²) in [6.45, 7) is 4.25. The molecule has 5 nitrogen and oxygen atoms in total. The van der Waals surface area contributed by atoms with Crippen LogP contribution in [0.3, 0.4) is 0 Å². The number of hydrogen-bond acceptors (Lipinski definition) is 4. The Bertz CT molecular complexity index is 572. The topological polar surface area (TPSA) is 76.8 Å². The molecule has 0 saturated carbocycles. The summed E-state index contributed by atoms with van der Waals surface area (Å²) in [7, 11) is 0. The first kappa shape index (κ1) is 12.6. The summed E-state index contributed by atoms with van der Waals surface area (Å²) in [6, 6.07) is 0. The first-order valence-electron chi connectivity index (χ1n) is 6.92. The van der Waals surface area contributed by atoms with E-state index in [1.54, 1.807) is 0 Å². The fraction of sp³-hybridized carbons (Fsp3) is 0.571. The van der Waals surface area contributed by atoms with Crippen molar-refractivity contribution in [3.8, 4) is 0 Å². The van der Waals surface area contributed by atoms with Gasteiger partial charge in [0.05, 0.1) is 5.69 Å². The van der Waals surface area contributed by atoms with Crippen molar-refractivity contribution in [1.82, 2.24) is 15.0 Å². The van der Waals surface area contributed by atoms with Gasteiger partial charge < -0.3 is 15.5 Å². The molecule has 3 heterocycles. The van der Waals surface area contributed by atoms with Crippen LogP contribution in [0.2, 0.25) is 0 Å². The minimum Gasteiger partial charge on any atom is -0.381 e. The van der Waals surface area contributed by atoms with Crippen LogP contribution in [0, 0.1) is 6.92 Å². The van der Waals surface area contributed by atoms with Gasteiger partial charge in [-0.1, -0.05) is 0 Å². The quantitative estimate of drug-likeness (QED) is 0.880. The third-order valence-electron chi connectivity index (χ3n) is 3.77. The number of nitrogens with two attached hydrogens (primary N) is 1. The second-order valence-corrected chi connectivity index (χ2v) is 5.12. The van der Waals surface area contributed by atoms with Gasteiger partial charge in [0.25, 0.3) is 0 Å². The molecule has 3 N–H and O–H groups in total. The lowest BCUT2D eigenvalue weighted by Gasteiger charge is -2.22. The zero-order valence-electron chi connectivity index (χ0n) is 11.3. The van der Waals surface area contributed by atoms with Gasteiger partial charge in [0.15, 0.2) is 0 Å². The lowest BCUT2D eigenvalue weighted by atomic mass is 9.93. The predicted octanol–water partition coefficient (Wildman–Crippen LogP) is 1.66. The Labute approximate surface area is 112 Å². The third kappa shape index (κ3) is 2.35. The maximum Gasteiger partial charge on any atom is 0.141 e. The number of H-pyrrole nitrogens is 1. The summed E-state index contributed by atoms with van der Waals surface area (Å²) in [4.78, 5) is 12.5. The summed E-state index contributed by atoms with van der Waals surface area (Å²) in [5.74, 6) is 1.31. The molecule has 19 heavy (non-hydrogen) atoms. The van der Waals surface area contributed by atoms with Crippen molar-refractivity contribution in [2.75, 3.05) is 19.8 Å². The van der Waals surface area contributed by atoms with Gasteiger partial charge in [0.2, 0.25) is 0 Å². The van der Waals surface area contributed by atoms with Crippen molar-refractivity contribution in [3.05, 3.63) is 23.3 Å². The molecule has 102 valence electrons. The summed E-state index contributed by atoms with van der Waals surface area (Å²) in [5, 5.41) is 1.18. The smallest absolute Gasteiger partial charge is 0.141 e. The van der Waals surface area contributed by atoms with Crippen molar-refractivity contribution >= 4 is 11.0 Å². The van der Waals surface area contributed by atoms with Crippen molar-refractivity contribution in [3.63, 3.8) is 0 Å². The first-order valence-corrected chi connectivity index (χ1v) is 6.92. The summed E-state index contributed by atoms with van der Waals surface area (Å²) < 4.78 is 5.45. The molecule has 0 atom stereocenters. The standard InChI is InChI=1S/C14H20N4O/c1-9-17-13(10-3-6-19-7-4-10)12-11(2-5-15)8-16-14(12)18-9/h8,10H,2-7,15H2,1H3,(H,16,17,18). The van der Waals surface area contributed by atoms with Crippen LogP contribution in [0.1, 0.15) is 35.8 Å². The van der Waals surface area contributed by atoms with Gasteiger partial charge in [0.1, 0.15) is 11.5 Å². The van der Waals surface area contributed by atoms with Crippen molar-refractivity contribution < 1.29 is 4.74 Å². The van der Waals surface area contributed by atoms with Crippen LogP contribution in [0.15, 0.2) is 6.20 Å². The van der Waals surface area contributed by atoms with E-state index in [-0.39, 0.29) is 0 Å². The van der Waals surface area contributed by atoms with Gasteiger partial charge in [-0.25, -0.2) is 9.97 Å². The Kier molecular flexibility index (Phi) is 3.48. The van der Waals surface area contributed by atoms with Crippen LogP contribution in [-0.4, -0.2) is 34.7 Å². The number of aromatic amines is 1. The van der Waals surface area contributed by atoms with Crippen LogP contribution in [0.5, 0.6) is 0 Å². The molecule has 1 fully saturated rings. The van der Waals surface area contributed by atoms with Crippen LogP contribution >= 0.6 is 0 Å². The lowest BCUT2D eigenvalue weighted by molar-refractivity contribution is 0.0847. The fourth-order valence-electron chi connectivity index (χ4n) is 2.86. The van der Waals surface area contributed by atoms with Crippen molar-refractivity contribution in [2.45, 2.75) is 32.1 Å². The molecule has 1 aliphatic heterocycles. The molecule has 0 unspecified atom stereocenters. The molecular formula is C14H20N4O. The number of rotatable bonds is 3. The zero-order valence-corrected chi connectivity index (χ0v) is 11.3. The summed E-state index contributed by atoms with van der Waals surface area (Å²) in [5.41, 5.74) is 9.05. The van der Waals surface area contributed by atoms with E-state index in [1.807, 2.05) is 13.1 Å². The lowest BCUT2D eigenvalue weighted by Crippen LogP contribution is -2.16. The number of aromatic nitrogens is 3. The Morgan fingerprint density at radius 2 is 2.16 bits per heavy atom. The predicted molar refractivity (Wildman–Crippen MR) is 74.2 cm³/mol. The van der Waals surface area contributed by atoms with Crippen molar-refractivity contribution in [2.24, 2.45) is 5.73 Å². The SMILES string of the molecule is Cc1nc(C2CCOCC2)c2c(CCN)c[nH]c2n1. The van der Waals surface area contributed by atoms with Gasteiger partial charge in [-0.05, 0) is 38.3 Å². The van der Waals surface area contributed by atoms with Crippen LogP contribution in [0.4, 0.5) is 0 Å². The number of aryl methyl sites for hydroxylation is 1. The Balaban J connectivity index is 2.11. The molecule has 3 rings (SSSR count). The van der Waals surface area contributed by atoms with E-state index in [0.717, 1.165) is 43.9 Å². The largest absolute Gasteiger partial charge is 0.381 e. The van der Waals surface area contributed by atoms with E-state index in [4.69, 9.17) is 15.5 Å². The summed E-state index contributed by atoms with van der Waals surface area (Å²) in [6.07, 6.45) is 4.97. The molecule has 2 aromatic heterocycles. The average Bonchev–Trinajstić information content (AvgIpc) is 2.82. The van der Waals surface area contributed by atoms with Crippen molar-refractivity contribution in [1.29, 1.82) is 0 Å². The minimum atomic E-state index is 0.477. The third-order valence-corrected chi connectivity index (χ3v) is 3.77. The van der Waals surface area contributed by atoms with Crippen LogP contribution < -0.4 is 5.73 Å². The molecular weight excluding hydrogens is 240 g/mol. The molecule has 0 aromatic carbocycles. The van der Waals surface area contributed by atoms with Gasteiger partial charge >= 0.3 is 0 Å². The summed E-state index contributed by atoms with van der Waals surface area (Å²) >= 11 is 0. The molecule has 1 saturated heterocycles. The monoisotopic (exact) mass is 260 g/mol. The van der Waals surface area contributed by atoms with Crippen LogP contribution in [0.25, 0.3) is 11.0 Å². The zero-order chi connectivity index (χ0) is 13.2. The van der Waals surface area contributed by atoms with Gasteiger partial charge in [-0.15, -0.1) is 0 Å². The molecule has 5 heteroatoms. The number of fused-ring (bicyclic) bond motifs is 1. The highest BCUT2D eigenvalue weighted by molar-refractivity contribution is 5.83. The number of ether oxygens (including phenoxy) is 1. The highest BCUT2D eigenvalue weighted by Crippen LogP contribution is 2.32. The second-order valence-electron chi connectivity index (χ2n) is 5.12. The van der Waals surface area contributed by atoms with Gasteiger partial charge in [0, 0.05) is 30.7 Å². The Hall–Kier alpha value is -1.46. The van der Waals surface area contributed by atoms with Gasteiger partial charge in [-0.3, -0.25) is 0 Å². The molecule has 0 spiro atoms. The molecule has 0 amide bonds. The van der Waals surface area contributed by atoms with E-state index in [0.29, 0.717) is 12.5 Å². The molecule has 0 bridgehead atoms. The van der Waals surface area contributed by atoms with E-state index < -0.39 is 0 Å². The maximum atomic E-state index is 5.69. The Morgan fingerprint density at radius 1 is 1.37 bits per heavy atom. The van der Waals surface area contributed by atoms with Gasteiger partial charge in [-0.2, -0.15) is 0 Å². The molecule has 0 radical (unpaired) electrons. The van der Waals surface area contributed by atoms with E-state index in [2.05, 4.69) is 9.97 Å². The number of nitrogens with zero attached hydrogens (tertiary/aromatic N) is 2. The van der Waals surface area contributed by atoms with E-state index in [1.165, 1.54) is 16.6 Å².